The van der Waals surface area contributed by atoms with Crippen LogP contribution in [0.1, 0.15) is 52.8 Å². The summed E-state index contributed by atoms with van der Waals surface area (Å²) in [5.74, 6) is 0. The molecule has 2 nitrogen and oxygen atoms in total. The number of aryl methyl sites for hydroxylation is 1. The fraction of sp³-hybridized carbons (Fsp3) is 0.162. The van der Waals surface area contributed by atoms with Crippen LogP contribution in [-0.2, 0) is 6.54 Å². The largest absolute Gasteiger partial charge is 0.372 e. The van der Waals surface area contributed by atoms with E-state index in [1.807, 2.05) is 6.08 Å². The van der Waals surface area contributed by atoms with Crippen molar-refractivity contribution in [3.8, 4) is 0 Å². The van der Waals surface area contributed by atoms with Crippen LogP contribution in [0, 0.1) is 6.92 Å². The van der Waals surface area contributed by atoms with E-state index < -0.39 is 0 Å². The molecule has 0 aliphatic heterocycles. The Bertz CT molecular complexity index is 1530. The van der Waals surface area contributed by atoms with E-state index in [0.717, 1.165) is 24.4 Å². The normalized spacial score (nSPS) is 14.7. The van der Waals surface area contributed by atoms with Crippen molar-refractivity contribution in [1.82, 2.24) is 0 Å². The number of aliphatic imine (C=N–C) groups is 1. The Hall–Kier alpha value is -4.43. The van der Waals surface area contributed by atoms with Crippen LogP contribution >= 0.6 is 0 Å². The maximum atomic E-state index is 5.03. The van der Waals surface area contributed by atoms with E-state index in [0.29, 0.717) is 6.54 Å². The molecule has 1 aliphatic rings. The summed E-state index contributed by atoms with van der Waals surface area (Å²) in [6, 6.07) is 35.0. The SMILES string of the molecule is C=Cc1ccc(CN=C2C=CC(=C(c3ccc(C)cc3)c3ccc(N(CC)CC)cc3)c3ccccc32)cc1. The highest BCUT2D eigenvalue weighted by atomic mass is 15.1. The molecule has 4 aromatic carbocycles. The quantitative estimate of drug-likeness (QED) is 0.232. The van der Waals surface area contributed by atoms with Gasteiger partial charge in [0.05, 0.1) is 12.3 Å². The standard InChI is InChI=1S/C37H36N2/c1-5-28-14-16-29(17-15-28)26-38-36-25-24-35(33-10-8-9-11-34(33)36)37(30-18-12-27(4)13-19-30)31-20-22-32(23-21-31)39(6-2)7-3/h5,8-25H,1,6-7,26H2,2-4H3. The van der Waals surface area contributed by atoms with E-state index in [-0.39, 0.29) is 0 Å². The molecule has 0 amide bonds. The average molecular weight is 509 g/mol. The number of benzene rings is 4. The van der Waals surface area contributed by atoms with Gasteiger partial charge >= 0.3 is 0 Å². The molecule has 0 saturated carbocycles. The minimum absolute atomic E-state index is 0.641. The maximum Gasteiger partial charge on any atom is 0.0657 e. The Morgan fingerprint density at radius 3 is 1.97 bits per heavy atom. The first-order chi connectivity index (χ1) is 19.1. The number of hydrogen-bond acceptors (Lipinski definition) is 2. The van der Waals surface area contributed by atoms with Gasteiger partial charge in [-0.2, -0.15) is 0 Å². The minimum Gasteiger partial charge on any atom is -0.372 e. The summed E-state index contributed by atoms with van der Waals surface area (Å²) in [7, 11) is 0. The highest BCUT2D eigenvalue weighted by molar-refractivity contribution is 6.19. The lowest BCUT2D eigenvalue weighted by molar-refractivity contribution is 0.866. The van der Waals surface area contributed by atoms with Crippen molar-refractivity contribution in [3.05, 3.63) is 155 Å². The lowest BCUT2D eigenvalue weighted by Gasteiger charge is -2.23. The van der Waals surface area contributed by atoms with Crippen LogP contribution in [0.25, 0.3) is 17.2 Å². The molecule has 0 atom stereocenters. The lowest BCUT2D eigenvalue weighted by atomic mass is 9.83. The van der Waals surface area contributed by atoms with Gasteiger partial charge in [-0.3, -0.25) is 4.99 Å². The smallest absolute Gasteiger partial charge is 0.0657 e. The van der Waals surface area contributed by atoms with Crippen LogP contribution in [0.3, 0.4) is 0 Å². The molecule has 0 N–H and O–H groups in total. The zero-order valence-corrected chi connectivity index (χ0v) is 23.2. The van der Waals surface area contributed by atoms with E-state index in [1.165, 1.54) is 50.2 Å². The maximum absolute atomic E-state index is 5.03. The second-order valence-electron chi connectivity index (χ2n) is 9.90. The number of allylic oxidation sites excluding steroid dienone is 3. The summed E-state index contributed by atoms with van der Waals surface area (Å²) in [6.07, 6.45) is 6.29. The van der Waals surface area contributed by atoms with Crippen molar-refractivity contribution in [1.29, 1.82) is 0 Å². The van der Waals surface area contributed by atoms with Crippen molar-refractivity contribution < 1.29 is 0 Å². The molecule has 0 saturated heterocycles. The monoisotopic (exact) mass is 508 g/mol. The van der Waals surface area contributed by atoms with E-state index in [9.17, 15) is 0 Å². The summed E-state index contributed by atoms with van der Waals surface area (Å²) >= 11 is 0. The molecule has 0 unspecified atom stereocenters. The number of fused-ring (bicyclic) bond motifs is 1. The third-order valence-electron chi connectivity index (χ3n) is 7.44. The van der Waals surface area contributed by atoms with Gasteiger partial charge in [-0.15, -0.1) is 0 Å². The Morgan fingerprint density at radius 2 is 1.36 bits per heavy atom. The molecular weight excluding hydrogens is 472 g/mol. The number of anilines is 1. The second-order valence-corrected chi connectivity index (χ2v) is 9.90. The van der Waals surface area contributed by atoms with Crippen molar-refractivity contribution in [2.75, 3.05) is 18.0 Å². The van der Waals surface area contributed by atoms with Crippen molar-refractivity contribution >= 4 is 28.6 Å². The summed E-state index contributed by atoms with van der Waals surface area (Å²) in [5, 5.41) is 0. The topological polar surface area (TPSA) is 15.6 Å². The average Bonchev–Trinajstić information content (AvgIpc) is 2.99. The highest BCUT2D eigenvalue weighted by Crippen LogP contribution is 2.37. The number of rotatable bonds is 8. The van der Waals surface area contributed by atoms with Crippen LogP contribution in [0.4, 0.5) is 5.69 Å². The van der Waals surface area contributed by atoms with Crippen molar-refractivity contribution in [3.63, 3.8) is 0 Å². The molecule has 4 aromatic rings. The molecule has 39 heavy (non-hydrogen) atoms. The van der Waals surface area contributed by atoms with Gasteiger partial charge in [0.25, 0.3) is 0 Å². The third-order valence-corrected chi connectivity index (χ3v) is 7.44. The van der Waals surface area contributed by atoms with Crippen LogP contribution in [0.5, 0.6) is 0 Å². The van der Waals surface area contributed by atoms with Gasteiger partial charge < -0.3 is 4.90 Å². The lowest BCUT2D eigenvalue weighted by Crippen LogP contribution is -2.21. The van der Waals surface area contributed by atoms with Crippen LogP contribution in [-0.4, -0.2) is 18.8 Å². The summed E-state index contributed by atoms with van der Waals surface area (Å²) in [6.45, 7) is 13.0. The zero-order chi connectivity index (χ0) is 27.2. The fourth-order valence-electron chi connectivity index (χ4n) is 5.20. The molecule has 0 bridgehead atoms. The molecule has 0 heterocycles. The first kappa shape index (κ1) is 26.2. The first-order valence-corrected chi connectivity index (χ1v) is 13.8. The summed E-state index contributed by atoms with van der Waals surface area (Å²) in [4.78, 5) is 7.41. The predicted molar refractivity (Wildman–Crippen MR) is 169 cm³/mol. The number of nitrogens with zero attached hydrogens (tertiary/aromatic N) is 2. The molecule has 5 rings (SSSR count). The van der Waals surface area contributed by atoms with Gasteiger partial charge in [0.1, 0.15) is 0 Å². The highest BCUT2D eigenvalue weighted by Gasteiger charge is 2.20. The molecule has 0 aromatic heterocycles. The number of hydrogen-bond donors (Lipinski definition) is 0. The Kier molecular flexibility index (Phi) is 8.03. The van der Waals surface area contributed by atoms with Gasteiger partial charge in [0, 0.05) is 24.3 Å². The first-order valence-electron chi connectivity index (χ1n) is 13.8. The molecule has 0 fully saturated rings. The van der Waals surface area contributed by atoms with E-state index in [4.69, 9.17) is 4.99 Å². The predicted octanol–water partition coefficient (Wildman–Crippen LogP) is 9.00. The van der Waals surface area contributed by atoms with Gasteiger partial charge in [-0.25, -0.2) is 0 Å². The van der Waals surface area contributed by atoms with E-state index in [2.05, 4.69) is 141 Å². The Morgan fingerprint density at radius 1 is 0.744 bits per heavy atom. The van der Waals surface area contributed by atoms with Crippen LogP contribution in [0.2, 0.25) is 0 Å². The summed E-state index contributed by atoms with van der Waals surface area (Å²) in [5.41, 5.74) is 13.1. The molecule has 2 heteroatoms. The van der Waals surface area contributed by atoms with Crippen LogP contribution in [0.15, 0.2) is 121 Å². The van der Waals surface area contributed by atoms with Gasteiger partial charge in [-0.05, 0) is 77.9 Å². The van der Waals surface area contributed by atoms with Gasteiger partial charge in [-0.1, -0.05) is 109 Å². The molecule has 1 aliphatic carbocycles. The minimum atomic E-state index is 0.641. The zero-order valence-electron chi connectivity index (χ0n) is 23.2. The van der Waals surface area contributed by atoms with E-state index >= 15 is 0 Å². The van der Waals surface area contributed by atoms with Crippen molar-refractivity contribution in [2.24, 2.45) is 4.99 Å². The molecular formula is C37H36N2. The van der Waals surface area contributed by atoms with E-state index in [1.54, 1.807) is 0 Å². The Balaban J connectivity index is 1.61. The third kappa shape index (κ3) is 5.71. The van der Waals surface area contributed by atoms with Gasteiger partial charge in [0.2, 0.25) is 0 Å². The molecule has 194 valence electrons. The van der Waals surface area contributed by atoms with Crippen molar-refractivity contribution in [2.45, 2.75) is 27.3 Å². The molecule has 0 spiro atoms. The fourth-order valence-corrected chi connectivity index (χ4v) is 5.20. The second kappa shape index (κ2) is 12.0. The van der Waals surface area contributed by atoms with Gasteiger partial charge in [0.15, 0.2) is 0 Å². The Labute approximate surface area is 233 Å². The van der Waals surface area contributed by atoms with Crippen LogP contribution < -0.4 is 4.90 Å². The summed E-state index contributed by atoms with van der Waals surface area (Å²) < 4.78 is 0. The molecule has 0 radical (unpaired) electrons.